The fourth-order valence-corrected chi connectivity index (χ4v) is 2.40. The molecule has 19 heavy (non-hydrogen) atoms. The van der Waals surface area contributed by atoms with E-state index in [0.29, 0.717) is 25.3 Å². The summed E-state index contributed by atoms with van der Waals surface area (Å²) in [6, 6.07) is 0.0507. The Bertz CT molecular complexity index is 294. The normalized spacial score (nSPS) is 28.2. The number of hydrogen-bond acceptors (Lipinski definition) is 2. The smallest absolute Gasteiger partial charge is 0.356 e. The third-order valence-corrected chi connectivity index (χ3v) is 3.82. The molecule has 0 radical (unpaired) electrons. The molecular formula is C13H23F3N2O. The summed E-state index contributed by atoms with van der Waals surface area (Å²) in [5.74, 6) is 0.305. The first kappa shape index (κ1) is 16.3. The molecule has 1 aliphatic carbocycles. The predicted molar refractivity (Wildman–Crippen MR) is 67.4 cm³/mol. The maximum absolute atomic E-state index is 11.9. The number of unbranched alkanes of at least 4 members (excludes halogenated alkanes) is 1. The van der Waals surface area contributed by atoms with E-state index in [9.17, 15) is 18.0 Å². The molecule has 0 heterocycles. The second-order valence-electron chi connectivity index (χ2n) is 5.51. The van der Waals surface area contributed by atoms with Gasteiger partial charge >= 0.3 is 6.18 Å². The molecule has 0 aromatic carbocycles. The van der Waals surface area contributed by atoms with Crippen molar-refractivity contribution < 1.29 is 18.0 Å². The first-order valence-corrected chi connectivity index (χ1v) is 6.89. The minimum Gasteiger partial charge on any atom is -0.356 e. The van der Waals surface area contributed by atoms with E-state index in [2.05, 4.69) is 12.2 Å². The van der Waals surface area contributed by atoms with Crippen molar-refractivity contribution in [2.45, 2.75) is 57.7 Å². The third kappa shape index (κ3) is 6.27. The van der Waals surface area contributed by atoms with Crippen LogP contribution in [0.4, 0.5) is 13.2 Å². The summed E-state index contributed by atoms with van der Waals surface area (Å²) >= 11 is 0. The van der Waals surface area contributed by atoms with Crippen LogP contribution in [0.15, 0.2) is 0 Å². The van der Waals surface area contributed by atoms with Gasteiger partial charge in [-0.2, -0.15) is 13.2 Å². The molecule has 0 spiro atoms. The van der Waals surface area contributed by atoms with Gasteiger partial charge in [-0.1, -0.05) is 6.92 Å². The third-order valence-electron chi connectivity index (χ3n) is 3.82. The first-order valence-electron chi connectivity index (χ1n) is 6.89. The zero-order chi connectivity index (χ0) is 14.5. The summed E-state index contributed by atoms with van der Waals surface area (Å²) < 4.78 is 35.7. The molecule has 1 aliphatic rings. The number of carbonyl (C=O) groups is 1. The zero-order valence-corrected chi connectivity index (χ0v) is 11.3. The van der Waals surface area contributed by atoms with Gasteiger partial charge in [0.05, 0.1) is 0 Å². The zero-order valence-electron chi connectivity index (χ0n) is 11.3. The minimum absolute atomic E-state index is 0.0507. The largest absolute Gasteiger partial charge is 0.389 e. The Morgan fingerprint density at radius 1 is 1.32 bits per heavy atom. The van der Waals surface area contributed by atoms with Crippen LogP contribution in [0.2, 0.25) is 0 Å². The molecule has 0 aliphatic heterocycles. The van der Waals surface area contributed by atoms with Crippen LogP contribution in [0.1, 0.15) is 45.4 Å². The Morgan fingerprint density at radius 3 is 2.58 bits per heavy atom. The first-order chi connectivity index (χ1) is 8.79. The summed E-state index contributed by atoms with van der Waals surface area (Å²) in [6.07, 6.45) is -2.03. The lowest BCUT2D eigenvalue weighted by atomic mass is 9.79. The van der Waals surface area contributed by atoms with Gasteiger partial charge in [-0.25, -0.2) is 0 Å². The molecule has 3 nitrogen and oxygen atoms in total. The van der Waals surface area contributed by atoms with E-state index in [4.69, 9.17) is 5.73 Å². The molecule has 1 saturated carbocycles. The number of halogens is 3. The molecule has 112 valence electrons. The van der Waals surface area contributed by atoms with Gasteiger partial charge < -0.3 is 11.1 Å². The molecular weight excluding hydrogens is 257 g/mol. The number of rotatable bonds is 5. The van der Waals surface area contributed by atoms with Gasteiger partial charge in [0.2, 0.25) is 5.91 Å². The van der Waals surface area contributed by atoms with Crippen molar-refractivity contribution in [3.8, 4) is 0 Å². The highest BCUT2D eigenvalue weighted by Crippen LogP contribution is 2.27. The summed E-state index contributed by atoms with van der Waals surface area (Å²) in [5, 5.41) is 2.71. The highest BCUT2D eigenvalue weighted by Gasteiger charge is 2.29. The van der Waals surface area contributed by atoms with E-state index in [1.54, 1.807) is 0 Å². The maximum atomic E-state index is 11.9. The van der Waals surface area contributed by atoms with Gasteiger partial charge in [-0.15, -0.1) is 0 Å². The van der Waals surface area contributed by atoms with Crippen LogP contribution in [0.3, 0.4) is 0 Å². The maximum Gasteiger partial charge on any atom is 0.389 e. The molecule has 3 unspecified atom stereocenters. The fraction of sp³-hybridized carbons (Fsp3) is 0.923. The molecule has 3 atom stereocenters. The van der Waals surface area contributed by atoms with Crippen molar-refractivity contribution in [2.75, 3.05) is 6.54 Å². The number of nitrogens with one attached hydrogen (secondary N) is 1. The van der Waals surface area contributed by atoms with E-state index < -0.39 is 12.6 Å². The standard InChI is InChI=1S/C13H23F3N2O/c1-9-4-5-10(8-11(9)17)12(19)18-7-3-2-6-13(14,15)16/h9-11H,2-8,17H2,1H3,(H,18,19). The second kappa shape index (κ2) is 7.12. The lowest BCUT2D eigenvalue weighted by Crippen LogP contribution is -2.41. The van der Waals surface area contributed by atoms with Crippen LogP contribution in [-0.2, 0) is 4.79 Å². The Kier molecular flexibility index (Phi) is 6.10. The Hall–Kier alpha value is -0.780. The Morgan fingerprint density at radius 2 is 2.00 bits per heavy atom. The molecule has 3 N–H and O–H groups in total. The van der Waals surface area contributed by atoms with Crippen molar-refractivity contribution in [3.63, 3.8) is 0 Å². The van der Waals surface area contributed by atoms with Crippen LogP contribution in [0, 0.1) is 11.8 Å². The summed E-state index contributed by atoms with van der Waals surface area (Å²) in [6.45, 7) is 2.39. The average molecular weight is 280 g/mol. The van der Waals surface area contributed by atoms with Crippen LogP contribution in [0.25, 0.3) is 0 Å². The molecule has 1 amide bonds. The van der Waals surface area contributed by atoms with Crippen molar-refractivity contribution in [2.24, 2.45) is 17.6 Å². The minimum atomic E-state index is -4.10. The Labute approximate surface area is 112 Å². The monoisotopic (exact) mass is 280 g/mol. The van der Waals surface area contributed by atoms with Crippen molar-refractivity contribution in [1.29, 1.82) is 0 Å². The van der Waals surface area contributed by atoms with Gasteiger partial charge in [0.15, 0.2) is 0 Å². The fourth-order valence-electron chi connectivity index (χ4n) is 2.40. The molecule has 0 aromatic rings. The number of alkyl halides is 3. The highest BCUT2D eigenvalue weighted by molar-refractivity contribution is 5.78. The van der Waals surface area contributed by atoms with E-state index in [1.807, 2.05) is 0 Å². The lowest BCUT2D eigenvalue weighted by Gasteiger charge is -2.31. The average Bonchev–Trinajstić information content (AvgIpc) is 2.30. The van der Waals surface area contributed by atoms with E-state index in [0.717, 1.165) is 12.8 Å². The summed E-state index contributed by atoms with van der Waals surface area (Å²) in [4.78, 5) is 11.8. The molecule has 6 heteroatoms. The van der Waals surface area contributed by atoms with Gasteiger partial charge in [0.1, 0.15) is 0 Å². The van der Waals surface area contributed by atoms with Crippen LogP contribution in [0.5, 0.6) is 0 Å². The van der Waals surface area contributed by atoms with Crippen LogP contribution in [-0.4, -0.2) is 24.7 Å². The lowest BCUT2D eigenvalue weighted by molar-refractivity contribution is -0.135. The molecule has 0 saturated heterocycles. The van der Waals surface area contributed by atoms with Gasteiger partial charge in [0.25, 0.3) is 0 Å². The van der Waals surface area contributed by atoms with E-state index in [1.165, 1.54) is 0 Å². The molecule has 1 fully saturated rings. The van der Waals surface area contributed by atoms with Gasteiger partial charge in [-0.05, 0) is 38.0 Å². The number of hydrogen-bond donors (Lipinski definition) is 2. The number of nitrogens with two attached hydrogens (primary N) is 1. The Balaban J connectivity index is 2.14. The predicted octanol–water partition coefficient (Wildman–Crippen LogP) is 2.60. The quantitative estimate of drug-likeness (QED) is 0.761. The summed E-state index contributed by atoms with van der Waals surface area (Å²) in [5.41, 5.74) is 5.93. The van der Waals surface area contributed by atoms with Crippen LogP contribution < -0.4 is 11.1 Å². The van der Waals surface area contributed by atoms with Gasteiger partial charge in [0, 0.05) is 24.9 Å². The highest BCUT2D eigenvalue weighted by atomic mass is 19.4. The molecule has 0 bridgehead atoms. The number of carbonyl (C=O) groups excluding carboxylic acids is 1. The van der Waals surface area contributed by atoms with Crippen LogP contribution >= 0.6 is 0 Å². The van der Waals surface area contributed by atoms with Gasteiger partial charge in [-0.3, -0.25) is 4.79 Å². The molecule has 0 aromatic heterocycles. The van der Waals surface area contributed by atoms with E-state index >= 15 is 0 Å². The molecule has 1 rings (SSSR count). The van der Waals surface area contributed by atoms with Crippen molar-refractivity contribution in [1.82, 2.24) is 5.32 Å². The number of amides is 1. The summed E-state index contributed by atoms with van der Waals surface area (Å²) in [7, 11) is 0. The SMILES string of the molecule is CC1CCC(C(=O)NCCCCC(F)(F)F)CC1N. The van der Waals surface area contributed by atoms with Crippen molar-refractivity contribution in [3.05, 3.63) is 0 Å². The van der Waals surface area contributed by atoms with Crippen molar-refractivity contribution >= 4 is 5.91 Å². The second-order valence-corrected chi connectivity index (χ2v) is 5.51. The topological polar surface area (TPSA) is 55.1 Å². The van der Waals surface area contributed by atoms with E-state index in [-0.39, 0.29) is 24.3 Å².